The lowest BCUT2D eigenvalue weighted by Gasteiger charge is -2.05. The van der Waals surface area contributed by atoms with Crippen molar-refractivity contribution >= 4 is 28.2 Å². The molecule has 0 spiro atoms. The first-order valence-electron chi connectivity index (χ1n) is 7.59. The van der Waals surface area contributed by atoms with Crippen LogP contribution in [0, 0.1) is 0 Å². The van der Waals surface area contributed by atoms with Crippen LogP contribution in [0.2, 0.25) is 0 Å². The topological polar surface area (TPSA) is 46.2 Å². The summed E-state index contributed by atoms with van der Waals surface area (Å²) in [5.41, 5.74) is 1.40. The number of rotatable bonds is 5. The second-order valence-corrected chi connectivity index (χ2v) is 5.40. The summed E-state index contributed by atoms with van der Waals surface area (Å²) < 4.78 is 0. The van der Waals surface area contributed by atoms with Crippen LogP contribution in [-0.4, -0.2) is 11.7 Å². The highest BCUT2D eigenvalue weighted by molar-refractivity contribution is 6.02. The number of carbonyl (C=O) groups excluding carboxylic acids is 2. The molecule has 0 saturated carbocycles. The summed E-state index contributed by atoms with van der Waals surface area (Å²) >= 11 is 0. The highest BCUT2D eigenvalue weighted by atomic mass is 16.2. The fourth-order valence-corrected chi connectivity index (χ4v) is 2.48. The fourth-order valence-electron chi connectivity index (χ4n) is 2.48. The molecule has 3 aromatic rings. The standard InChI is InChI=1S/C20H17NO2/c22-19(12-13-20(23)21-18-8-2-1-3-9-18)17-11-10-15-6-4-5-7-16(15)14-17/h1-11,14H,12-13H2,(H,21,23). The molecule has 3 nitrogen and oxygen atoms in total. The number of ketones is 1. The maximum absolute atomic E-state index is 12.3. The Bertz CT molecular complexity index is 840. The van der Waals surface area contributed by atoms with E-state index >= 15 is 0 Å². The quantitative estimate of drug-likeness (QED) is 0.708. The molecule has 0 bridgehead atoms. The Labute approximate surface area is 135 Å². The Hall–Kier alpha value is -2.94. The summed E-state index contributed by atoms with van der Waals surface area (Å²) in [5.74, 6) is -0.163. The van der Waals surface area contributed by atoms with E-state index in [1.807, 2.05) is 72.8 Å². The van der Waals surface area contributed by atoms with Gasteiger partial charge in [0, 0.05) is 24.1 Å². The van der Waals surface area contributed by atoms with E-state index in [9.17, 15) is 9.59 Å². The van der Waals surface area contributed by atoms with E-state index in [4.69, 9.17) is 0 Å². The van der Waals surface area contributed by atoms with Crippen molar-refractivity contribution in [2.24, 2.45) is 0 Å². The van der Waals surface area contributed by atoms with Crippen molar-refractivity contribution in [2.45, 2.75) is 12.8 Å². The zero-order valence-electron chi connectivity index (χ0n) is 12.7. The van der Waals surface area contributed by atoms with Crippen LogP contribution < -0.4 is 5.32 Å². The minimum absolute atomic E-state index is 0.0148. The Morgan fingerprint density at radius 2 is 1.43 bits per heavy atom. The van der Waals surface area contributed by atoms with Gasteiger partial charge in [-0.2, -0.15) is 0 Å². The van der Waals surface area contributed by atoms with Gasteiger partial charge in [0.25, 0.3) is 0 Å². The van der Waals surface area contributed by atoms with E-state index in [1.54, 1.807) is 0 Å². The zero-order chi connectivity index (χ0) is 16.1. The summed E-state index contributed by atoms with van der Waals surface area (Å²) in [5, 5.41) is 4.92. The Balaban J connectivity index is 1.61. The third-order valence-corrected chi connectivity index (χ3v) is 3.71. The number of para-hydroxylation sites is 1. The van der Waals surface area contributed by atoms with E-state index in [0.717, 1.165) is 16.5 Å². The largest absolute Gasteiger partial charge is 0.326 e. The number of Topliss-reactive ketones (excluding diaryl/α,β-unsaturated/α-hetero) is 1. The summed E-state index contributed by atoms with van der Waals surface area (Å²) in [4.78, 5) is 24.2. The first-order chi connectivity index (χ1) is 11.2. The number of benzene rings is 3. The van der Waals surface area contributed by atoms with E-state index in [2.05, 4.69) is 5.32 Å². The molecule has 3 aromatic carbocycles. The predicted octanol–water partition coefficient (Wildman–Crippen LogP) is 4.44. The van der Waals surface area contributed by atoms with Crippen LogP contribution in [0.3, 0.4) is 0 Å². The van der Waals surface area contributed by atoms with E-state index in [1.165, 1.54) is 0 Å². The van der Waals surface area contributed by atoms with Crippen LogP contribution >= 0.6 is 0 Å². The molecule has 1 amide bonds. The predicted molar refractivity (Wildman–Crippen MR) is 92.6 cm³/mol. The molecule has 0 aliphatic carbocycles. The molecule has 0 aliphatic heterocycles. The number of anilines is 1. The lowest BCUT2D eigenvalue weighted by atomic mass is 10.0. The van der Waals surface area contributed by atoms with Crippen LogP contribution in [0.5, 0.6) is 0 Å². The number of carbonyl (C=O) groups is 2. The third kappa shape index (κ3) is 3.83. The van der Waals surface area contributed by atoms with Crippen LogP contribution in [0.15, 0.2) is 72.8 Å². The number of nitrogens with one attached hydrogen (secondary N) is 1. The van der Waals surface area contributed by atoms with Crippen LogP contribution in [0.25, 0.3) is 10.8 Å². The van der Waals surface area contributed by atoms with Gasteiger partial charge in [-0.15, -0.1) is 0 Å². The van der Waals surface area contributed by atoms with Gasteiger partial charge in [-0.3, -0.25) is 9.59 Å². The van der Waals surface area contributed by atoms with Crippen molar-refractivity contribution in [1.82, 2.24) is 0 Å². The minimum atomic E-state index is -0.148. The van der Waals surface area contributed by atoms with E-state index in [-0.39, 0.29) is 24.5 Å². The first-order valence-corrected chi connectivity index (χ1v) is 7.59. The van der Waals surface area contributed by atoms with Gasteiger partial charge < -0.3 is 5.32 Å². The maximum atomic E-state index is 12.3. The molecular weight excluding hydrogens is 286 g/mol. The second kappa shape index (κ2) is 6.88. The molecule has 0 aromatic heterocycles. The van der Waals surface area contributed by atoms with Crippen LogP contribution in [-0.2, 0) is 4.79 Å². The lowest BCUT2D eigenvalue weighted by Crippen LogP contribution is -2.13. The average molecular weight is 303 g/mol. The number of amides is 1. The summed E-state index contributed by atoms with van der Waals surface area (Å²) in [6, 6.07) is 22.8. The Morgan fingerprint density at radius 1 is 0.739 bits per heavy atom. The molecule has 0 unspecified atom stereocenters. The van der Waals surface area contributed by atoms with Gasteiger partial charge in [0.1, 0.15) is 0 Å². The highest BCUT2D eigenvalue weighted by Gasteiger charge is 2.10. The molecule has 3 heteroatoms. The van der Waals surface area contributed by atoms with Gasteiger partial charge in [0.15, 0.2) is 5.78 Å². The first kappa shape index (κ1) is 15.0. The molecular formula is C20H17NO2. The van der Waals surface area contributed by atoms with Gasteiger partial charge >= 0.3 is 0 Å². The van der Waals surface area contributed by atoms with Crippen molar-refractivity contribution in [3.63, 3.8) is 0 Å². The molecule has 1 N–H and O–H groups in total. The summed E-state index contributed by atoms with van der Waals surface area (Å²) in [7, 11) is 0. The molecule has 3 rings (SSSR count). The third-order valence-electron chi connectivity index (χ3n) is 3.71. The fraction of sp³-hybridized carbons (Fsp3) is 0.100. The molecule has 0 saturated heterocycles. The number of hydrogen-bond acceptors (Lipinski definition) is 2. The molecule has 0 radical (unpaired) electrons. The second-order valence-electron chi connectivity index (χ2n) is 5.40. The van der Waals surface area contributed by atoms with Gasteiger partial charge in [-0.1, -0.05) is 54.6 Å². The van der Waals surface area contributed by atoms with Gasteiger partial charge in [0.2, 0.25) is 5.91 Å². The molecule has 114 valence electrons. The number of fused-ring (bicyclic) bond motifs is 1. The van der Waals surface area contributed by atoms with Crippen molar-refractivity contribution in [1.29, 1.82) is 0 Å². The van der Waals surface area contributed by atoms with E-state index in [0.29, 0.717) is 5.56 Å². The van der Waals surface area contributed by atoms with Crippen LogP contribution in [0.4, 0.5) is 5.69 Å². The van der Waals surface area contributed by atoms with Crippen molar-refractivity contribution in [3.05, 3.63) is 78.4 Å². The average Bonchev–Trinajstić information content (AvgIpc) is 2.60. The maximum Gasteiger partial charge on any atom is 0.224 e. The van der Waals surface area contributed by atoms with Crippen molar-refractivity contribution < 1.29 is 9.59 Å². The molecule has 0 fully saturated rings. The molecule has 0 aliphatic rings. The number of hydrogen-bond donors (Lipinski definition) is 1. The summed E-state index contributed by atoms with van der Waals surface area (Å²) in [6.45, 7) is 0. The smallest absolute Gasteiger partial charge is 0.224 e. The lowest BCUT2D eigenvalue weighted by molar-refractivity contribution is -0.116. The summed E-state index contributed by atoms with van der Waals surface area (Å²) in [6.07, 6.45) is 0.386. The Morgan fingerprint density at radius 3 is 2.22 bits per heavy atom. The Kier molecular flexibility index (Phi) is 4.48. The van der Waals surface area contributed by atoms with Gasteiger partial charge in [-0.25, -0.2) is 0 Å². The highest BCUT2D eigenvalue weighted by Crippen LogP contribution is 2.17. The minimum Gasteiger partial charge on any atom is -0.326 e. The van der Waals surface area contributed by atoms with Crippen molar-refractivity contribution in [2.75, 3.05) is 5.32 Å². The molecule has 0 atom stereocenters. The normalized spacial score (nSPS) is 10.4. The van der Waals surface area contributed by atoms with Gasteiger partial charge in [-0.05, 0) is 29.0 Å². The van der Waals surface area contributed by atoms with Crippen LogP contribution in [0.1, 0.15) is 23.2 Å². The SMILES string of the molecule is O=C(CCC(=O)c1ccc2ccccc2c1)Nc1ccccc1. The molecule has 0 heterocycles. The molecule has 23 heavy (non-hydrogen) atoms. The van der Waals surface area contributed by atoms with Crippen molar-refractivity contribution in [3.8, 4) is 0 Å². The monoisotopic (exact) mass is 303 g/mol. The zero-order valence-corrected chi connectivity index (χ0v) is 12.7. The van der Waals surface area contributed by atoms with E-state index < -0.39 is 0 Å². The van der Waals surface area contributed by atoms with Gasteiger partial charge in [0.05, 0.1) is 0 Å².